The van der Waals surface area contributed by atoms with Gasteiger partial charge in [0.15, 0.2) is 0 Å². The van der Waals surface area contributed by atoms with Gasteiger partial charge >= 0.3 is 0 Å². The maximum absolute atomic E-state index is 13.1. The van der Waals surface area contributed by atoms with E-state index in [0.29, 0.717) is 11.3 Å². The first-order valence-corrected chi connectivity index (χ1v) is 6.54. The normalized spacial score (nSPS) is 13.8. The molecule has 1 N–H and O–H groups in total. The number of pyridine rings is 1. The molecule has 0 unspecified atom stereocenters. The standard InChI is InChI=1S/C16H14FN3O/c17-14-6-4-13(5-7-14)16(21,11-20-10-9-18-12-20)15-3-1-2-8-19-15/h1-10,12,21H,11H2/t16-/m1/s1. The lowest BCUT2D eigenvalue weighted by Gasteiger charge is -2.28. The van der Waals surface area contributed by atoms with Crippen molar-refractivity contribution in [1.29, 1.82) is 0 Å². The van der Waals surface area contributed by atoms with Crippen molar-refractivity contribution in [3.8, 4) is 0 Å². The Morgan fingerprint density at radius 3 is 2.52 bits per heavy atom. The summed E-state index contributed by atoms with van der Waals surface area (Å²) < 4.78 is 14.9. The molecular formula is C16H14FN3O. The van der Waals surface area contributed by atoms with Crippen molar-refractivity contribution in [3.05, 3.63) is 84.5 Å². The van der Waals surface area contributed by atoms with Crippen molar-refractivity contribution in [2.24, 2.45) is 0 Å². The second kappa shape index (κ2) is 5.46. The first-order valence-electron chi connectivity index (χ1n) is 6.54. The van der Waals surface area contributed by atoms with Crippen molar-refractivity contribution >= 4 is 0 Å². The van der Waals surface area contributed by atoms with Gasteiger partial charge in [-0.3, -0.25) is 4.98 Å². The van der Waals surface area contributed by atoms with Gasteiger partial charge in [-0.05, 0) is 29.8 Å². The number of halogens is 1. The molecule has 21 heavy (non-hydrogen) atoms. The molecule has 1 aromatic carbocycles. The van der Waals surface area contributed by atoms with Crippen LogP contribution in [0, 0.1) is 5.82 Å². The topological polar surface area (TPSA) is 50.9 Å². The summed E-state index contributed by atoms with van der Waals surface area (Å²) >= 11 is 0. The Hall–Kier alpha value is -2.53. The van der Waals surface area contributed by atoms with Gasteiger partial charge in [-0.15, -0.1) is 0 Å². The average Bonchev–Trinajstić information content (AvgIpc) is 3.01. The Morgan fingerprint density at radius 2 is 1.90 bits per heavy atom. The average molecular weight is 283 g/mol. The molecule has 1 atom stereocenters. The SMILES string of the molecule is O[C@](Cn1ccnc1)(c1ccc(F)cc1)c1ccccn1. The molecule has 2 heterocycles. The molecule has 0 aliphatic carbocycles. The molecule has 106 valence electrons. The monoisotopic (exact) mass is 283 g/mol. The van der Waals surface area contributed by atoms with E-state index in [1.54, 1.807) is 53.8 Å². The largest absolute Gasteiger partial charge is 0.377 e. The van der Waals surface area contributed by atoms with E-state index < -0.39 is 5.60 Å². The summed E-state index contributed by atoms with van der Waals surface area (Å²) in [5, 5.41) is 11.2. The summed E-state index contributed by atoms with van der Waals surface area (Å²) in [5.41, 5.74) is -0.267. The molecular weight excluding hydrogens is 269 g/mol. The molecule has 2 aromatic heterocycles. The number of hydrogen-bond donors (Lipinski definition) is 1. The van der Waals surface area contributed by atoms with E-state index in [9.17, 15) is 9.50 Å². The molecule has 5 heteroatoms. The van der Waals surface area contributed by atoms with Crippen LogP contribution in [0.5, 0.6) is 0 Å². The molecule has 0 radical (unpaired) electrons. The van der Waals surface area contributed by atoms with Crippen LogP contribution in [0.3, 0.4) is 0 Å². The van der Waals surface area contributed by atoms with E-state index in [-0.39, 0.29) is 12.4 Å². The fraction of sp³-hybridized carbons (Fsp3) is 0.125. The minimum Gasteiger partial charge on any atom is -0.377 e. The maximum atomic E-state index is 13.1. The van der Waals surface area contributed by atoms with Gasteiger partial charge in [0, 0.05) is 18.6 Å². The first-order chi connectivity index (χ1) is 10.2. The third-order valence-electron chi connectivity index (χ3n) is 3.38. The second-order valence-corrected chi connectivity index (χ2v) is 4.82. The molecule has 0 fully saturated rings. The molecule has 0 saturated carbocycles. The fourth-order valence-corrected chi connectivity index (χ4v) is 2.30. The number of aromatic nitrogens is 3. The molecule has 0 amide bonds. The van der Waals surface area contributed by atoms with Crippen LogP contribution in [-0.2, 0) is 12.1 Å². The van der Waals surface area contributed by atoms with Crippen LogP contribution in [0.1, 0.15) is 11.3 Å². The van der Waals surface area contributed by atoms with E-state index in [2.05, 4.69) is 9.97 Å². The van der Waals surface area contributed by atoms with Gasteiger partial charge in [-0.2, -0.15) is 0 Å². The van der Waals surface area contributed by atoms with Crippen molar-refractivity contribution in [1.82, 2.24) is 14.5 Å². The summed E-state index contributed by atoms with van der Waals surface area (Å²) in [6.45, 7) is 0.246. The molecule has 0 spiro atoms. The van der Waals surface area contributed by atoms with E-state index >= 15 is 0 Å². The summed E-state index contributed by atoms with van der Waals surface area (Å²) in [6, 6.07) is 11.1. The Balaban J connectivity index is 2.08. The molecule has 0 aliphatic heterocycles. The highest BCUT2D eigenvalue weighted by atomic mass is 19.1. The minimum absolute atomic E-state index is 0.246. The predicted molar refractivity (Wildman–Crippen MR) is 75.9 cm³/mol. The van der Waals surface area contributed by atoms with Crippen LogP contribution in [-0.4, -0.2) is 19.6 Å². The Bertz CT molecular complexity index is 698. The van der Waals surface area contributed by atoms with Crippen LogP contribution < -0.4 is 0 Å². The zero-order valence-electron chi connectivity index (χ0n) is 11.2. The smallest absolute Gasteiger partial charge is 0.149 e. The maximum Gasteiger partial charge on any atom is 0.149 e. The number of benzene rings is 1. The van der Waals surface area contributed by atoms with Crippen LogP contribution in [0.4, 0.5) is 4.39 Å². The summed E-state index contributed by atoms with van der Waals surface area (Å²) in [4.78, 5) is 8.23. The quantitative estimate of drug-likeness (QED) is 0.799. The zero-order valence-corrected chi connectivity index (χ0v) is 11.2. The molecule has 0 bridgehead atoms. The summed E-state index contributed by atoms with van der Waals surface area (Å²) in [5.74, 6) is -0.343. The van der Waals surface area contributed by atoms with Crippen molar-refractivity contribution in [2.45, 2.75) is 12.1 Å². The lowest BCUT2D eigenvalue weighted by Crippen LogP contribution is -2.33. The van der Waals surface area contributed by atoms with Gasteiger partial charge in [0.1, 0.15) is 11.4 Å². The highest BCUT2D eigenvalue weighted by Gasteiger charge is 2.33. The van der Waals surface area contributed by atoms with Gasteiger partial charge in [-0.1, -0.05) is 18.2 Å². The van der Waals surface area contributed by atoms with Gasteiger partial charge in [0.25, 0.3) is 0 Å². The number of imidazole rings is 1. The lowest BCUT2D eigenvalue weighted by atomic mass is 9.89. The number of rotatable bonds is 4. The molecule has 0 aliphatic rings. The Morgan fingerprint density at radius 1 is 1.10 bits per heavy atom. The van der Waals surface area contributed by atoms with Crippen molar-refractivity contribution < 1.29 is 9.50 Å². The third-order valence-corrected chi connectivity index (χ3v) is 3.38. The van der Waals surface area contributed by atoms with Crippen LogP contribution in [0.2, 0.25) is 0 Å². The molecule has 0 saturated heterocycles. The fourth-order valence-electron chi connectivity index (χ4n) is 2.30. The summed E-state index contributed by atoms with van der Waals surface area (Å²) in [7, 11) is 0. The van der Waals surface area contributed by atoms with Crippen molar-refractivity contribution in [2.75, 3.05) is 0 Å². The van der Waals surface area contributed by atoms with Crippen molar-refractivity contribution in [3.63, 3.8) is 0 Å². The summed E-state index contributed by atoms with van der Waals surface area (Å²) in [6.07, 6.45) is 6.65. The second-order valence-electron chi connectivity index (χ2n) is 4.82. The van der Waals surface area contributed by atoms with E-state index in [4.69, 9.17) is 0 Å². The number of hydrogen-bond acceptors (Lipinski definition) is 3. The third kappa shape index (κ3) is 2.68. The van der Waals surface area contributed by atoms with E-state index in [1.807, 2.05) is 6.07 Å². The van der Waals surface area contributed by atoms with Gasteiger partial charge in [-0.25, -0.2) is 9.37 Å². The number of aliphatic hydroxyl groups is 1. The molecule has 3 rings (SSSR count). The molecule has 3 aromatic rings. The van der Waals surface area contributed by atoms with E-state index in [0.717, 1.165) is 0 Å². The number of nitrogens with zero attached hydrogens (tertiary/aromatic N) is 3. The van der Waals surface area contributed by atoms with Gasteiger partial charge < -0.3 is 9.67 Å². The Kier molecular flexibility index (Phi) is 3.50. The van der Waals surface area contributed by atoms with Crippen LogP contribution >= 0.6 is 0 Å². The predicted octanol–water partition coefficient (Wildman–Crippen LogP) is 2.35. The minimum atomic E-state index is -1.35. The molecule has 4 nitrogen and oxygen atoms in total. The highest BCUT2D eigenvalue weighted by molar-refractivity contribution is 5.32. The van der Waals surface area contributed by atoms with E-state index in [1.165, 1.54) is 12.1 Å². The van der Waals surface area contributed by atoms with Gasteiger partial charge in [0.2, 0.25) is 0 Å². The first kappa shape index (κ1) is 13.5. The highest BCUT2D eigenvalue weighted by Crippen LogP contribution is 2.30. The lowest BCUT2D eigenvalue weighted by molar-refractivity contribution is 0.0567. The van der Waals surface area contributed by atoms with Crippen LogP contribution in [0.15, 0.2) is 67.4 Å². The van der Waals surface area contributed by atoms with Crippen LogP contribution in [0.25, 0.3) is 0 Å². The van der Waals surface area contributed by atoms with Gasteiger partial charge in [0.05, 0.1) is 18.6 Å². The Labute approximate surface area is 121 Å². The zero-order chi connectivity index (χ0) is 14.7.